The van der Waals surface area contributed by atoms with Crippen LogP contribution in [0, 0.1) is 0 Å². The highest BCUT2D eigenvalue weighted by atomic mass is 16.7. The second kappa shape index (κ2) is 56.5. The molecule has 0 radical (unpaired) electrons. The molecule has 0 saturated carbocycles. The second-order valence-corrected chi connectivity index (χ2v) is 25.7. The fraction of sp³-hybridized carbons (Fsp3) is 0.930. The van der Waals surface area contributed by atoms with Crippen LogP contribution in [0.3, 0.4) is 0 Å². The molecule has 0 aromatic rings. The second-order valence-electron chi connectivity index (χ2n) is 25.7. The molecule has 0 bridgehead atoms. The molecule has 85 heavy (non-hydrogen) atoms. The summed E-state index contributed by atoms with van der Waals surface area (Å²) < 4.78 is 22.9. The third-order valence-electron chi connectivity index (χ3n) is 17.9. The van der Waals surface area contributed by atoms with Crippen LogP contribution in [-0.4, -0.2) is 140 Å². The Balaban J connectivity index is 1.63. The lowest BCUT2D eigenvalue weighted by atomic mass is 9.97. The van der Waals surface area contributed by atoms with Gasteiger partial charge in [0, 0.05) is 6.42 Å². The zero-order valence-corrected chi connectivity index (χ0v) is 54.6. The van der Waals surface area contributed by atoms with Crippen LogP contribution in [0.5, 0.6) is 0 Å². The Kier molecular flexibility index (Phi) is 52.8. The highest BCUT2D eigenvalue weighted by Gasteiger charge is 2.51. The number of carbonyl (C=O) groups is 1. The number of rotatable bonds is 60. The van der Waals surface area contributed by atoms with Crippen LogP contribution in [0.25, 0.3) is 0 Å². The summed E-state index contributed by atoms with van der Waals surface area (Å²) in [5.41, 5.74) is 0. The molecule has 1 amide bonds. The Labute approximate surface area is 519 Å². The third kappa shape index (κ3) is 40.8. The number of hydrogen-bond acceptors (Lipinski definition) is 13. The number of allylic oxidation sites excluding steroid dienone is 4. The predicted octanol–water partition coefficient (Wildman–Crippen LogP) is 14.7. The monoisotopic (exact) mass is 1210 g/mol. The maximum Gasteiger partial charge on any atom is 0.220 e. The topological polar surface area (TPSA) is 228 Å². The highest BCUT2D eigenvalue weighted by molar-refractivity contribution is 5.76. The van der Waals surface area contributed by atoms with Crippen molar-refractivity contribution in [1.82, 2.24) is 5.32 Å². The van der Waals surface area contributed by atoms with Crippen molar-refractivity contribution in [2.75, 3.05) is 19.8 Å². The Morgan fingerprint density at radius 2 is 0.776 bits per heavy atom. The number of ether oxygens (including phenoxy) is 4. The van der Waals surface area contributed by atoms with Crippen LogP contribution in [0.2, 0.25) is 0 Å². The van der Waals surface area contributed by atoms with Gasteiger partial charge in [-0.1, -0.05) is 301 Å². The lowest BCUT2D eigenvalue weighted by molar-refractivity contribution is -0.359. The first-order chi connectivity index (χ1) is 41.6. The zero-order chi connectivity index (χ0) is 61.6. The number of amides is 1. The van der Waals surface area contributed by atoms with Crippen molar-refractivity contribution >= 4 is 5.91 Å². The van der Waals surface area contributed by atoms with E-state index in [1.54, 1.807) is 0 Å². The van der Waals surface area contributed by atoms with Gasteiger partial charge in [-0.25, -0.2) is 0 Å². The number of aliphatic hydroxyl groups excluding tert-OH is 8. The molecule has 12 atom stereocenters. The maximum absolute atomic E-state index is 13.3. The van der Waals surface area contributed by atoms with Crippen LogP contribution in [0.4, 0.5) is 0 Å². The molecule has 502 valence electrons. The van der Waals surface area contributed by atoms with Crippen molar-refractivity contribution in [3.05, 3.63) is 24.3 Å². The summed E-state index contributed by atoms with van der Waals surface area (Å²) in [6.07, 6.45) is 53.5. The summed E-state index contributed by atoms with van der Waals surface area (Å²) in [5, 5.41) is 87.6. The summed E-state index contributed by atoms with van der Waals surface area (Å²) in [7, 11) is 0. The van der Waals surface area contributed by atoms with Gasteiger partial charge in [0.05, 0.1) is 32.0 Å². The first-order valence-electron chi connectivity index (χ1n) is 36.1. The Morgan fingerprint density at radius 3 is 1.20 bits per heavy atom. The van der Waals surface area contributed by atoms with E-state index in [1.807, 2.05) is 0 Å². The average Bonchev–Trinajstić information content (AvgIpc) is 3.69. The number of carbonyl (C=O) groups excluding carboxylic acids is 1. The van der Waals surface area contributed by atoms with E-state index in [2.05, 4.69) is 43.5 Å². The molecule has 2 rings (SSSR count). The Hall–Kier alpha value is -1.53. The van der Waals surface area contributed by atoms with Crippen molar-refractivity contribution in [2.45, 2.75) is 402 Å². The van der Waals surface area contributed by atoms with Gasteiger partial charge < -0.3 is 65.1 Å². The Morgan fingerprint density at radius 1 is 0.424 bits per heavy atom. The van der Waals surface area contributed by atoms with Crippen molar-refractivity contribution in [3.63, 3.8) is 0 Å². The van der Waals surface area contributed by atoms with Crippen molar-refractivity contribution in [1.29, 1.82) is 0 Å². The molecule has 2 aliphatic heterocycles. The fourth-order valence-corrected chi connectivity index (χ4v) is 12.2. The summed E-state index contributed by atoms with van der Waals surface area (Å²) in [5.74, 6) is -0.206. The van der Waals surface area contributed by atoms with E-state index in [9.17, 15) is 45.6 Å². The lowest BCUT2D eigenvalue weighted by Gasteiger charge is -2.46. The van der Waals surface area contributed by atoms with Gasteiger partial charge in [-0.3, -0.25) is 4.79 Å². The standard InChI is InChI=1S/C71H135NO13/c1-3-5-7-9-11-13-15-17-19-21-23-24-25-26-27-28-29-30-31-32-33-34-35-37-38-40-42-44-46-48-50-52-54-60(75)59(72-63(76)55-53-51-49-47-45-43-41-39-36-22-20-18-16-14-12-10-8-6-4-2)58-82-70-68(81)66(79)69(62(57-74)84-70)85-71-67(80)65(78)64(77)61(56-73)83-71/h12,14,18,20,59-62,64-71,73-75,77-81H,3-11,13,15-17,19,21-58H2,1-2H3,(H,72,76)/b14-12-,20-18-. The van der Waals surface area contributed by atoms with E-state index in [-0.39, 0.29) is 12.5 Å². The molecule has 0 spiro atoms. The summed E-state index contributed by atoms with van der Waals surface area (Å²) in [6.45, 7) is 2.88. The number of unbranched alkanes of at least 4 members (excludes halogenated alkanes) is 43. The minimum Gasteiger partial charge on any atom is -0.394 e. The number of aliphatic hydroxyl groups is 8. The maximum atomic E-state index is 13.3. The highest BCUT2D eigenvalue weighted by Crippen LogP contribution is 2.30. The molecule has 0 aromatic heterocycles. The van der Waals surface area contributed by atoms with Crippen molar-refractivity contribution in [3.8, 4) is 0 Å². The summed E-state index contributed by atoms with van der Waals surface area (Å²) in [4.78, 5) is 13.3. The van der Waals surface area contributed by atoms with E-state index in [1.165, 1.54) is 238 Å². The van der Waals surface area contributed by atoms with Crippen LogP contribution < -0.4 is 5.32 Å². The minimum atomic E-state index is -1.78. The van der Waals surface area contributed by atoms with E-state index in [0.717, 1.165) is 64.2 Å². The minimum absolute atomic E-state index is 0.206. The van der Waals surface area contributed by atoms with Gasteiger partial charge in [-0.05, 0) is 44.9 Å². The van der Waals surface area contributed by atoms with Crippen LogP contribution in [0.1, 0.15) is 328 Å². The molecule has 14 heteroatoms. The van der Waals surface area contributed by atoms with Crippen LogP contribution >= 0.6 is 0 Å². The lowest BCUT2D eigenvalue weighted by Crippen LogP contribution is -2.65. The summed E-state index contributed by atoms with van der Waals surface area (Å²) in [6, 6.07) is -0.831. The summed E-state index contributed by atoms with van der Waals surface area (Å²) >= 11 is 0. The smallest absolute Gasteiger partial charge is 0.220 e. The molecular formula is C71H135NO13. The predicted molar refractivity (Wildman–Crippen MR) is 346 cm³/mol. The molecule has 14 nitrogen and oxygen atoms in total. The van der Waals surface area contributed by atoms with Crippen LogP contribution in [-0.2, 0) is 23.7 Å². The van der Waals surface area contributed by atoms with E-state index in [4.69, 9.17) is 18.9 Å². The number of hydrogen-bond donors (Lipinski definition) is 9. The molecule has 0 aliphatic carbocycles. The largest absolute Gasteiger partial charge is 0.394 e. The van der Waals surface area contributed by atoms with E-state index in [0.29, 0.717) is 12.8 Å². The third-order valence-corrected chi connectivity index (χ3v) is 17.9. The van der Waals surface area contributed by atoms with Gasteiger partial charge >= 0.3 is 0 Å². The van der Waals surface area contributed by atoms with E-state index >= 15 is 0 Å². The van der Waals surface area contributed by atoms with Crippen molar-refractivity contribution < 1.29 is 64.6 Å². The van der Waals surface area contributed by atoms with E-state index < -0.39 is 86.8 Å². The van der Waals surface area contributed by atoms with Gasteiger partial charge in [0.2, 0.25) is 5.91 Å². The van der Waals surface area contributed by atoms with Gasteiger partial charge in [0.15, 0.2) is 12.6 Å². The molecule has 2 fully saturated rings. The molecule has 9 N–H and O–H groups in total. The number of nitrogens with one attached hydrogen (secondary N) is 1. The molecular weight excluding hydrogens is 1070 g/mol. The fourth-order valence-electron chi connectivity index (χ4n) is 12.2. The first-order valence-corrected chi connectivity index (χ1v) is 36.1. The quantitative estimate of drug-likeness (QED) is 0.0204. The van der Waals surface area contributed by atoms with Gasteiger partial charge in [-0.15, -0.1) is 0 Å². The molecule has 2 saturated heterocycles. The van der Waals surface area contributed by atoms with Crippen LogP contribution in [0.15, 0.2) is 24.3 Å². The van der Waals surface area contributed by atoms with Gasteiger partial charge in [0.25, 0.3) is 0 Å². The average molecular weight is 1210 g/mol. The normalized spacial score (nSPS) is 23.6. The molecule has 0 aromatic carbocycles. The SMILES string of the molecule is CCCCC/C=C\C/C=C\CCCCCCCCCCCC(=O)NC(COC1OC(CO)C(OC2OC(CO)C(O)C(O)C2O)C(O)C1O)C(O)CCCCCCCCCCCCCCCCCCCCCCCCCCCCCCCCCC. The van der Waals surface area contributed by atoms with Gasteiger partial charge in [0.1, 0.15) is 48.8 Å². The first kappa shape index (κ1) is 79.6. The van der Waals surface area contributed by atoms with Gasteiger partial charge in [-0.2, -0.15) is 0 Å². The molecule has 12 unspecified atom stereocenters. The zero-order valence-electron chi connectivity index (χ0n) is 54.6. The molecule has 2 heterocycles. The Bertz CT molecular complexity index is 1520. The molecule has 2 aliphatic rings. The van der Waals surface area contributed by atoms with Crippen molar-refractivity contribution in [2.24, 2.45) is 0 Å².